The van der Waals surface area contributed by atoms with Gasteiger partial charge in [0.05, 0.1) is 5.48 Å². The Morgan fingerprint density at radius 1 is 0.603 bits per heavy atom. The summed E-state index contributed by atoms with van der Waals surface area (Å²) in [5.74, 6) is -0.277. The molecule has 10 bridgehead atoms. The van der Waals surface area contributed by atoms with Crippen molar-refractivity contribution in [3.8, 4) is 62.2 Å². The van der Waals surface area contributed by atoms with E-state index in [-0.39, 0.29) is 78.0 Å². The molecule has 0 N–H and O–H groups in total. The number of hydrogen-bond acceptors (Lipinski definition) is 5. The first-order chi connectivity index (χ1) is 39.1. The fourth-order valence-electron chi connectivity index (χ4n) is 9.82. The third kappa shape index (κ3) is 9.12. The van der Waals surface area contributed by atoms with E-state index >= 15 is 0 Å². The predicted octanol–water partition coefficient (Wildman–Crippen LogP) is 17.7. The van der Waals surface area contributed by atoms with Gasteiger partial charge in [-0.2, -0.15) is 12.1 Å². The molecule has 0 saturated carbocycles. The quantitative estimate of drug-likeness (QED) is 0.149. The zero-order valence-corrected chi connectivity index (χ0v) is 43.4. The van der Waals surface area contributed by atoms with E-state index in [1.165, 1.54) is 0 Å². The standard InChI is InChI=1S/C66H57N4O2.Pt/c1-42(2)31-45-34-56(46-17-8-7-9-18-46)66-57(35-45)47-19-16-20-51(36-47)71-63-26-15-11-22-55(63)58-40-67-65(37-49(58)33-44(5)6)70-59-23-12-10-21-53(59)54-30-29-52(39-62(54)70)72-64-38-50(28-27-48(64)32-43(3)4)68-41-69(66)61-25-14-13-24-60(61)68;/h7-30,34-37,40-44H,31-33H2,1-6H3;/q-3;/i10D,12D,21D,23D,31D2,32D2,33D2;. The number of rotatable bonds is 7. The minimum Gasteiger partial charge on any atom is -0.509 e. The molecule has 0 unspecified atom stereocenters. The molecule has 2 aromatic heterocycles. The molecule has 3 aliphatic heterocycles. The second-order valence-electron chi connectivity index (χ2n) is 19.1. The normalized spacial score (nSPS) is 15.4. The number of fused-ring (bicyclic) bond motifs is 5. The number of anilines is 4. The SMILES string of the molecule is [2H]c1c([2H])c([2H])c2c(c1[2H])c1ccc3[c-]c1n2-c1cc(C([2H])([2H])C(C)C)c(cn1)-c1ccccc1Oc1cccc(c1)-c1cc(C([2H])([2H])C(C)C)cc(-c2ccccc2)c1N1[CH-]N(c2[c-]c(c(C([2H])([2H])C(C)C)cc2)O3)c2ccccc21.[Pt]. The van der Waals surface area contributed by atoms with Crippen LogP contribution in [0.5, 0.6) is 23.0 Å². The van der Waals surface area contributed by atoms with Crippen LogP contribution in [0.25, 0.3) is 61.0 Å². The van der Waals surface area contributed by atoms with Crippen molar-refractivity contribution < 1.29 is 44.2 Å². The number of benzene rings is 8. The van der Waals surface area contributed by atoms with Crippen molar-refractivity contribution in [3.05, 3.63) is 211 Å². The molecule has 0 amide bonds. The molecular weight excluding hydrogens is 1080 g/mol. The Morgan fingerprint density at radius 2 is 1.30 bits per heavy atom. The summed E-state index contributed by atoms with van der Waals surface area (Å²) in [6.07, 6.45) is -4.13. The molecule has 0 atom stereocenters. The van der Waals surface area contributed by atoms with E-state index in [1.807, 2.05) is 147 Å². The molecule has 5 heterocycles. The van der Waals surface area contributed by atoms with Crippen molar-refractivity contribution in [3.63, 3.8) is 0 Å². The van der Waals surface area contributed by atoms with Crippen molar-refractivity contribution in [2.24, 2.45) is 17.8 Å². The molecule has 0 saturated heterocycles. The first-order valence-electron chi connectivity index (χ1n) is 29.4. The number of hydrogen-bond donors (Lipinski definition) is 0. The van der Waals surface area contributed by atoms with Gasteiger partial charge in [-0.15, -0.1) is 47.6 Å². The summed E-state index contributed by atoms with van der Waals surface area (Å²) in [5, 5.41) is 0.608. The zero-order chi connectivity index (χ0) is 57.9. The molecule has 73 heavy (non-hydrogen) atoms. The van der Waals surface area contributed by atoms with Crippen molar-refractivity contribution in [1.82, 2.24) is 9.55 Å². The number of ether oxygens (including phenoxy) is 2. The van der Waals surface area contributed by atoms with Gasteiger partial charge in [-0.05, 0) is 107 Å². The van der Waals surface area contributed by atoms with Crippen molar-refractivity contribution in [2.75, 3.05) is 9.80 Å². The average molecular weight is 1140 g/mol. The summed E-state index contributed by atoms with van der Waals surface area (Å²) in [6.45, 7) is 12.9. The van der Waals surface area contributed by atoms with Gasteiger partial charge < -0.3 is 23.8 Å². The van der Waals surface area contributed by atoms with Gasteiger partial charge in [-0.1, -0.05) is 150 Å². The minimum absolute atomic E-state index is 0. The summed E-state index contributed by atoms with van der Waals surface area (Å²) < 4.78 is 109. The molecule has 366 valence electrons. The van der Waals surface area contributed by atoms with Crippen molar-refractivity contribution in [2.45, 2.75) is 60.7 Å². The van der Waals surface area contributed by atoms with Gasteiger partial charge in [0.25, 0.3) is 0 Å². The second-order valence-corrected chi connectivity index (χ2v) is 19.1. The number of pyridine rings is 1. The smallest absolute Gasteiger partial charge is 0.135 e. The molecule has 8 aromatic carbocycles. The van der Waals surface area contributed by atoms with Crippen molar-refractivity contribution in [1.29, 1.82) is 0 Å². The molecule has 0 aliphatic carbocycles. The number of para-hydroxylation sites is 4. The Bertz CT molecular complexity index is 4200. The second kappa shape index (κ2) is 19.9. The summed E-state index contributed by atoms with van der Waals surface area (Å²) >= 11 is 0. The molecule has 0 radical (unpaired) electrons. The van der Waals surface area contributed by atoms with E-state index in [0.717, 1.165) is 33.8 Å². The number of nitrogens with zero attached hydrogens (tertiary/aromatic N) is 4. The van der Waals surface area contributed by atoms with Gasteiger partial charge >= 0.3 is 0 Å². The third-order valence-corrected chi connectivity index (χ3v) is 12.7. The summed E-state index contributed by atoms with van der Waals surface area (Å²) in [4.78, 5) is 9.09. The molecule has 0 spiro atoms. The first kappa shape index (κ1) is 37.4. The molecule has 13 rings (SSSR count). The Morgan fingerprint density at radius 3 is 2.10 bits per heavy atom. The zero-order valence-electron chi connectivity index (χ0n) is 51.2. The van der Waals surface area contributed by atoms with Crippen LogP contribution in [0.3, 0.4) is 0 Å². The first-order valence-corrected chi connectivity index (χ1v) is 24.4. The topological polar surface area (TPSA) is 42.8 Å². The summed E-state index contributed by atoms with van der Waals surface area (Å²) in [6, 6.07) is 50.6. The van der Waals surface area contributed by atoms with Gasteiger partial charge in [0.1, 0.15) is 17.3 Å². The van der Waals surface area contributed by atoms with Gasteiger partial charge in [0.2, 0.25) is 0 Å². The van der Waals surface area contributed by atoms with Gasteiger partial charge in [0.15, 0.2) is 0 Å². The predicted molar refractivity (Wildman–Crippen MR) is 296 cm³/mol. The largest absolute Gasteiger partial charge is 0.509 e. The Labute approximate surface area is 458 Å². The van der Waals surface area contributed by atoms with E-state index in [9.17, 15) is 11.0 Å². The molecule has 7 heteroatoms. The Kier molecular flexibility index (Phi) is 10.2. The summed E-state index contributed by atoms with van der Waals surface area (Å²) in [7, 11) is 0. The molecule has 6 nitrogen and oxygen atoms in total. The monoisotopic (exact) mass is 1140 g/mol. The van der Waals surface area contributed by atoms with Crippen LogP contribution in [-0.2, 0) is 40.2 Å². The molecule has 10 aromatic rings. The number of aromatic nitrogens is 2. The van der Waals surface area contributed by atoms with Crippen LogP contribution in [0, 0.1) is 36.6 Å². The average Bonchev–Trinajstić information content (AvgIpc) is 1.84. The van der Waals surface area contributed by atoms with Crippen LogP contribution in [0.2, 0.25) is 0 Å². The summed E-state index contributed by atoms with van der Waals surface area (Å²) in [5.41, 5.74) is 8.15. The van der Waals surface area contributed by atoms with E-state index in [1.54, 1.807) is 62.7 Å². The molecule has 0 fully saturated rings. The van der Waals surface area contributed by atoms with E-state index in [2.05, 4.69) is 17.0 Å². The van der Waals surface area contributed by atoms with Gasteiger partial charge in [0, 0.05) is 91.8 Å². The van der Waals surface area contributed by atoms with Crippen LogP contribution in [0.4, 0.5) is 22.7 Å². The van der Waals surface area contributed by atoms with E-state index < -0.39 is 49.0 Å². The maximum atomic E-state index is 9.75. The van der Waals surface area contributed by atoms with E-state index in [0.29, 0.717) is 44.8 Å². The Balaban J connectivity index is 0.00000721. The maximum Gasteiger partial charge on any atom is 0.135 e. The van der Waals surface area contributed by atoms with Crippen LogP contribution in [0.1, 0.15) is 71.9 Å². The van der Waals surface area contributed by atoms with Crippen LogP contribution in [-0.4, -0.2) is 9.55 Å². The van der Waals surface area contributed by atoms with Gasteiger partial charge in [-0.3, -0.25) is 0 Å². The fraction of sp³-hybridized carbons (Fsp3) is 0.182. The van der Waals surface area contributed by atoms with Crippen LogP contribution >= 0.6 is 0 Å². The van der Waals surface area contributed by atoms with Crippen molar-refractivity contribution >= 4 is 44.6 Å². The van der Waals surface area contributed by atoms with E-state index in [4.69, 9.17) is 17.2 Å². The minimum atomic E-state index is -2.01. The maximum absolute atomic E-state index is 9.75. The molecule has 3 aliphatic rings. The third-order valence-electron chi connectivity index (χ3n) is 12.7. The van der Waals surface area contributed by atoms with Crippen LogP contribution in [0.15, 0.2) is 176 Å². The molecular formula is C66H57N4O2Pt-3. The van der Waals surface area contributed by atoms with Crippen LogP contribution < -0.4 is 19.3 Å². The van der Waals surface area contributed by atoms with Gasteiger partial charge in [-0.25, -0.2) is 4.98 Å². The Hall–Kier alpha value is -7.40. The fourth-order valence-corrected chi connectivity index (χ4v) is 9.82.